The van der Waals surface area contributed by atoms with E-state index >= 15 is 0 Å². The van der Waals surface area contributed by atoms with E-state index < -0.39 is 0 Å². The summed E-state index contributed by atoms with van der Waals surface area (Å²) in [6.07, 6.45) is 1.77. The van der Waals surface area contributed by atoms with Gasteiger partial charge in [0.2, 0.25) is 0 Å². The third kappa shape index (κ3) is 1.26. The molecule has 0 radical (unpaired) electrons. The van der Waals surface area contributed by atoms with Gasteiger partial charge in [0.1, 0.15) is 0 Å². The summed E-state index contributed by atoms with van der Waals surface area (Å²) >= 11 is 4.77. The zero-order valence-electron chi connectivity index (χ0n) is 5.06. The SMILES string of the molecule is Cc1c[nH+]c(=S)[nH]c1N. The molecule has 0 spiro atoms. The number of hydrogen-bond acceptors (Lipinski definition) is 2. The van der Waals surface area contributed by atoms with Crippen LogP contribution in [0.1, 0.15) is 5.56 Å². The summed E-state index contributed by atoms with van der Waals surface area (Å²) in [6.45, 7) is 1.90. The van der Waals surface area contributed by atoms with E-state index in [9.17, 15) is 0 Å². The van der Waals surface area contributed by atoms with Crippen molar-refractivity contribution < 1.29 is 4.98 Å². The van der Waals surface area contributed by atoms with Crippen LogP contribution in [-0.4, -0.2) is 4.98 Å². The van der Waals surface area contributed by atoms with Gasteiger partial charge in [0.15, 0.2) is 5.82 Å². The predicted molar refractivity (Wildman–Crippen MR) is 37.3 cm³/mol. The molecule has 0 aromatic carbocycles. The Morgan fingerprint density at radius 2 is 2.44 bits per heavy atom. The Bertz CT molecular complexity index is 265. The normalized spacial score (nSPS) is 9.44. The van der Waals surface area contributed by atoms with Crippen molar-refractivity contribution in [2.24, 2.45) is 0 Å². The van der Waals surface area contributed by atoms with Crippen LogP contribution in [0.2, 0.25) is 0 Å². The third-order valence-corrected chi connectivity index (χ3v) is 1.31. The van der Waals surface area contributed by atoms with Crippen LogP contribution in [0.4, 0.5) is 5.82 Å². The van der Waals surface area contributed by atoms with Crippen LogP contribution < -0.4 is 10.7 Å². The van der Waals surface area contributed by atoms with Crippen LogP contribution in [-0.2, 0) is 0 Å². The quantitative estimate of drug-likeness (QED) is 0.517. The van der Waals surface area contributed by atoms with E-state index in [1.54, 1.807) is 6.20 Å². The number of nitrogens with one attached hydrogen (secondary N) is 2. The van der Waals surface area contributed by atoms with Crippen LogP contribution in [0.15, 0.2) is 6.20 Å². The van der Waals surface area contributed by atoms with E-state index in [1.807, 2.05) is 6.92 Å². The van der Waals surface area contributed by atoms with Crippen molar-refractivity contribution in [2.45, 2.75) is 6.92 Å². The molecule has 0 fully saturated rings. The minimum Gasteiger partial charge on any atom is -0.366 e. The molecule has 4 heteroatoms. The number of nitrogen functional groups attached to an aromatic ring is 1. The molecule has 1 aromatic rings. The van der Waals surface area contributed by atoms with Gasteiger partial charge >= 0.3 is 4.77 Å². The second-order valence-corrected chi connectivity index (χ2v) is 2.25. The van der Waals surface area contributed by atoms with Gasteiger partial charge in [-0.25, -0.2) is 9.97 Å². The zero-order valence-corrected chi connectivity index (χ0v) is 5.88. The zero-order chi connectivity index (χ0) is 6.85. The Kier molecular flexibility index (Phi) is 1.48. The van der Waals surface area contributed by atoms with E-state index in [1.165, 1.54) is 0 Å². The minimum atomic E-state index is 0.554. The molecule has 0 amide bonds. The molecule has 1 rings (SSSR count). The van der Waals surface area contributed by atoms with Crippen molar-refractivity contribution in [3.8, 4) is 0 Å². The Morgan fingerprint density at radius 1 is 1.78 bits per heavy atom. The van der Waals surface area contributed by atoms with E-state index in [4.69, 9.17) is 18.0 Å². The first-order valence-corrected chi connectivity index (χ1v) is 2.98. The van der Waals surface area contributed by atoms with Gasteiger partial charge in [-0.15, -0.1) is 0 Å². The highest BCUT2D eigenvalue weighted by molar-refractivity contribution is 7.71. The molecule has 0 aliphatic carbocycles. The molecule has 0 saturated carbocycles. The first-order valence-electron chi connectivity index (χ1n) is 2.57. The van der Waals surface area contributed by atoms with Gasteiger partial charge in [0, 0.05) is 12.2 Å². The average Bonchev–Trinajstić information content (AvgIpc) is 1.80. The number of rotatable bonds is 0. The largest absolute Gasteiger partial charge is 0.366 e. The first-order chi connectivity index (χ1) is 4.20. The number of anilines is 1. The van der Waals surface area contributed by atoms with Crippen molar-refractivity contribution in [3.05, 3.63) is 16.5 Å². The molecule has 0 aliphatic rings. The van der Waals surface area contributed by atoms with Gasteiger partial charge in [-0.05, 0) is 6.92 Å². The van der Waals surface area contributed by atoms with E-state index in [0.29, 0.717) is 10.6 Å². The number of nitrogens with two attached hydrogens (primary N) is 1. The number of hydrogen-bond donors (Lipinski definition) is 2. The molecular formula is C5H8N3S+. The summed E-state index contributed by atoms with van der Waals surface area (Å²) < 4.78 is 0.554. The lowest BCUT2D eigenvalue weighted by molar-refractivity contribution is -0.391. The summed E-state index contributed by atoms with van der Waals surface area (Å²) in [7, 11) is 0. The smallest absolute Gasteiger partial charge is 0.347 e. The van der Waals surface area contributed by atoms with Gasteiger partial charge in [0.05, 0.1) is 11.8 Å². The van der Waals surface area contributed by atoms with Crippen molar-refractivity contribution >= 4 is 18.0 Å². The Labute approximate surface area is 57.9 Å². The van der Waals surface area contributed by atoms with E-state index in [-0.39, 0.29) is 0 Å². The fourth-order valence-corrected chi connectivity index (χ4v) is 0.677. The van der Waals surface area contributed by atoms with Crippen LogP contribution in [0.5, 0.6) is 0 Å². The highest BCUT2D eigenvalue weighted by Gasteiger charge is 1.95. The topological polar surface area (TPSA) is 56.0 Å². The van der Waals surface area contributed by atoms with E-state index in [0.717, 1.165) is 5.56 Å². The summed E-state index contributed by atoms with van der Waals surface area (Å²) in [5.41, 5.74) is 6.45. The highest BCUT2D eigenvalue weighted by Crippen LogP contribution is 1.98. The minimum absolute atomic E-state index is 0.554. The number of H-pyrrole nitrogens is 2. The molecule has 3 nitrogen and oxygen atoms in total. The molecule has 4 N–H and O–H groups in total. The summed E-state index contributed by atoms with van der Waals surface area (Å²) in [5, 5.41) is 0. The molecule has 0 bridgehead atoms. The van der Waals surface area contributed by atoms with Crippen molar-refractivity contribution in [3.63, 3.8) is 0 Å². The molecule has 1 aromatic heterocycles. The summed E-state index contributed by atoms with van der Waals surface area (Å²) in [5.74, 6) is 0.624. The third-order valence-electron chi connectivity index (χ3n) is 1.09. The second kappa shape index (κ2) is 2.14. The van der Waals surface area contributed by atoms with Crippen LogP contribution in [0, 0.1) is 11.7 Å². The number of aromatic nitrogens is 2. The summed E-state index contributed by atoms with van der Waals surface area (Å²) in [6, 6.07) is 0. The summed E-state index contributed by atoms with van der Waals surface area (Å²) in [4.78, 5) is 5.60. The van der Waals surface area contributed by atoms with Crippen LogP contribution >= 0.6 is 12.2 Å². The van der Waals surface area contributed by atoms with Gasteiger partial charge < -0.3 is 5.73 Å². The standard InChI is InChI=1S/C5H7N3S/c1-3-2-7-5(9)8-4(3)6/h2H,1H3,(H3,6,7,8,9)/p+1. The molecule has 0 aliphatic heterocycles. The average molecular weight is 142 g/mol. The fourth-order valence-electron chi connectivity index (χ4n) is 0.509. The van der Waals surface area contributed by atoms with Crippen molar-refractivity contribution in [1.29, 1.82) is 0 Å². The van der Waals surface area contributed by atoms with Crippen molar-refractivity contribution in [2.75, 3.05) is 5.73 Å². The maximum Gasteiger partial charge on any atom is 0.347 e. The second-order valence-electron chi connectivity index (χ2n) is 1.84. The van der Waals surface area contributed by atoms with Gasteiger partial charge in [-0.1, -0.05) is 0 Å². The fraction of sp³-hybridized carbons (Fsp3) is 0.200. The monoisotopic (exact) mass is 142 g/mol. The highest BCUT2D eigenvalue weighted by atomic mass is 32.1. The van der Waals surface area contributed by atoms with Crippen LogP contribution in [0.25, 0.3) is 0 Å². The molecule has 0 unspecified atom stereocenters. The Balaban J connectivity index is 3.34. The molecule has 0 saturated heterocycles. The van der Waals surface area contributed by atoms with Gasteiger partial charge in [-0.3, -0.25) is 0 Å². The number of aromatic amines is 2. The van der Waals surface area contributed by atoms with Crippen LogP contribution in [0.3, 0.4) is 0 Å². The number of aryl methyl sites for hydroxylation is 1. The Morgan fingerprint density at radius 3 is 2.89 bits per heavy atom. The van der Waals surface area contributed by atoms with E-state index in [2.05, 4.69) is 9.97 Å². The maximum atomic E-state index is 5.48. The lowest BCUT2D eigenvalue weighted by Gasteiger charge is -1.88. The lowest BCUT2D eigenvalue weighted by Crippen LogP contribution is -2.08. The maximum absolute atomic E-state index is 5.48. The molecule has 9 heavy (non-hydrogen) atoms. The van der Waals surface area contributed by atoms with Gasteiger partial charge in [-0.2, -0.15) is 0 Å². The molecule has 48 valence electrons. The Hall–Kier alpha value is -0.900. The lowest BCUT2D eigenvalue weighted by atomic mass is 10.4. The molecular weight excluding hydrogens is 134 g/mol. The molecule has 1 heterocycles. The van der Waals surface area contributed by atoms with Gasteiger partial charge in [0.25, 0.3) is 0 Å². The first kappa shape index (κ1) is 6.22. The predicted octanol–water partition coefficient (Wildman–Crippen LogP) is 0.449. The van der Waals surface area contributed by atoms with Crippen molar-refractivity contribution in [1.82, 2.24) is 4.98 Å². The molecule has 0 atom stereocenters.